The quantitative estimate of drug-likeness (QED) is 0.631. The maximum atomic E-state index is 12.5. The van der Waals surface area contributed by atoms with E-state index < -0.39 is 10.0 Å². The number of hydrogen-bond donors (Lipinski definition) is 2. The summed E-state index contributed by atoms with van der Waals surface area (Å²) in [6, 6.07) is 11.0. The second-order valence-corrected chi connectivity index (χ2v) is 7.47. The predicted molar refractivity (Wildman–Crippen MR) is 103 cm³/mol. The molecule has 2 aromatic heterocycles. The summed E-state index contributed by atoms with van der Waals surface area (Å²) in [5.74, 6) is 0.176. The minimum atomic E-state index is -3.82. The van der Waals surface area contributed by atoms with E-state index in [1.54, 1.807) is 30.6 Å². The maximum Gasteiger partial charge on any atom is 0.261 e. The Morgan fingerprint density at radius 3 is 2.54 bits per heavy atom. The molecule has 0 radical (unpaired) electrons. The largest absolute Gasteiger partial charge is 0.497 e. The van der Waals surface area contributed by atoms with Gasteiger partial charge in [0.25, 0.3) is 15.9 Å². The number of pyridine rings is 2. The van der Waals surface area contributed by atoms with E-state index in [1.807, 2.05) is 6.07 Å². The van der Waals surface area contributed by atoms with E-state index in [0.29, 0.717) is 12.3 Å². The SMILES string of the molecule is COc1ccc(S(=O)(=O)Nc2cncc(C(=O)NCc3cccnc3)c2)cc1. The Bertz CT molecular complexity index is 1050. The van der Waals surface area contributed by atoms with E-state index in [9.17, 15) is 13.2 Å². The number of rotatable bonds is 7. The Labute approximate surface area is 162 Å². The maximum absolute atomic E-state index is 12.5. The molecule has 0 aliphatic rings. The molecule has 0 saturated heterocycles. The summed E-state index contributed by atoms with van der Waals surface area (Å²) in [6.45, 7) is 0.300. The van der Waals surface area contributed by atoms with Gasteiger partial charge in [-0.05, 0) is 42.0 Å². The van der Waals surface area contributed by atoms with Gasteiger partial charge >= 0.3 is 0 Å². The van der Waals surface area contributed by atoms with Crippen molar-refractivity contribution in [2.45, 2.75) is 11.4 Å². The van der Waals surface area contributed by atoms with Crippen LogP contribution in [0.2, 0.25) is 0 Å². The van der Waals surface area contributed by atoms with E-state index in [1.165, 1.54) is 37.7 Å². The zero-order chi connectivity index (χ0) is 20.0. The molecule has 0 bridgehead atoms. The highest BCUT2D eigenvalue weighted by molar-refractivity contribution is 7.92. The summed E-state index contributed by atoms with van der Waals surface area (Å²) >= 11 is 0. The van der Waals surface area contributed by atoms with Crippen LogP contribution in [-0.4, -0.2) is 31.4 Å². The number of carbonyl (C=O) groups is 1. The number of hydrogen-bond acceptors (Lipinski definition) is 6. The van der Waals surface area contributed by atoms with Gasteiger partial charge < -0.3 is 10.1 Å². The van der Waals surface area contributed by atoms with Gasteiger partial charge in [0.2, 0.25) is 0 Å². The number of anilines is 1. The van der Waals surface area contributed by atoms with E-state index in [0.717, 1.165) is 5.56 Å². The predicted octanol–water partition coefficient (Wildman–Crippen LogP) is 2.22. The van der Waals surface area contributed by atoms with E-state index in [-0.39, 0.29) is 22.1 Å². The van der Waals surface area contributed by atoms with Crippen LogP contribution in [0.15, 0.2) is 72.1 Å². The summed E-state index contributed by atoms with van der Waals surface area (Å²) in [7, 11) is -2.32. The molecule has 0 fully saturated rings. The molecule has 2 N–H and O–H groups in total. The van der Waals surface area contributed by atoms with Crippen molar-refractivity contribution >= 4 is 21.6 Å². The third-order valence-electron chi connectivity index (χ3n) is 3.80. The van der Waals surface area contributed by atoms with Gasteiger partial charge in [-0.3, -0.25) is 19.5 Å². The summed E-state index contributed by atoms with van der Waals surface area (Å²) in [6.07, 6.45) is 5.99. The zero-order valence-corrected chi connectivity index (χ0v) is 15.8. The number of carbonyl (C=O) groups excluding carboxylic acids is 1. The topological polar surface area (TPSA) is 110 Å². The van der Waals surface area contributed by atoms with Crippen LogP contribution in [0, 0.1) is 0 Å². The Morgan fingerprint density at radius 2 is 1.86 bits per heavy atom. The lowest BCUT2D eigenvalue weighted by Crippen LogP contribution is -2.23. The van der Waals surface area contributed by atoms with E-state index in [2.05, 4.69) is 20.0 Å². The molecule has 1 amide bonds. The number of benzene rings is 1. The molecule has 0 spiro atoms. The lowest BCUT2D eigenvalue weighted by molar-refractivity contribution is 0.0950. The Balaban J connectivity index is 1.70. The van der Waals surface area contributed by atoms with Crippen LogP contribution >= 0.6 is 0 Å². The molecule has 28 heavy (non-hydrogen) atoms. The van der Waals surface area contributed by atoms with Crippen LogP contribution in [0.4, 0.5) is 5.69 Å². The number of aromatic nitrogens is 2. The van der Waals surface area contributed by atoms with Crippen molar-refractivity contribution < 1.29 is 17.9 Å². The number of nitrogens with one attached hydrogen (secondary N) is 2. The molecule has 2 heterocycles. The Morgan fingerprint density at radius 1 is 1.07 bits per heavy atom. The molecule has 144 valence electrons. The van der Waals surface area contributed by atoms with Crippen LogP contribution in [0.5, 0.6) is 5.75 Å². The standard InChI is InChI=1S/C19H18N4O4S/c1-27-17-4-6-18(7-5-17)28(25,26)23-16-9-15(12-21-13-16)19(24)22-11-14-3-2-8-20-10-14/h2-10,12-13,23H,11H2,1H3,(H,22,24). The summed E-state index contributed by atoms with van der Waals surface area (Å²) in [5.41, 5.74) is 1.27. The van der Waals surface area contributed by atoms with E-state index >= 15 is 0 Å². The molecule has 0 unspecified atom stereocenters. The highest BCUT2D eigenvalue weighted by atomic mass is 32.2. The smallest absolute Gasteiger partial charge is 0.261 e. The molecule has 9 heteroatoms. The van der Waals surface area contributed by atoms with Gasteiger partial charge in [0.15, 0.2) is 0 Å². The molecule has 0 atom stereocenters. The molecule has 0 saturated carbocycles. The molecule has 0 aliphatic heterocycles. The lowest BCUT2D eigenvalue weighted by atomic mass is 10.2. The molecule has 0 aliphatic carbocycles. The molecule has 8 nitrogen and oxygen atoms in total. The van der Waals surface area contributed by atoms with Crippen LogP contribution in [0.1, 0.15) is 15.9 Å². The van der Waals surface area contributed by atoms with Gasteiger partial charge in [0.05, 0.1) is 29.5 Å². The third-order valence-corrected chi connectivity index (χ3v) is 5.20. The first-order valence-corrected chi connectivity index (χ1v) is 9.75. The molecule has 1 aromatic carbocycles. The monoisotopic (exact) mass is 398 g/mol. The first kappa shape index (κ1) is 19.3. The van der Waals surface area contributed by atoms with Crippen molar-refractivity contribution in [2.24, 2.45) is 0 Å². The first-order chi connectivity index (χ1) is 13.5. The zero-order valence-electron chi connectivity index (χ0n) is 15.0. The normalized spacial score (nSPS) is 10.9. The summed E-state index contributed by atoms with van der Waals surface area (Å²) in [5, 5.41) is 2.74. The number of methoxy groups -OCH3 is 1. The van der Waals surface area contributed by atoms with Gasteiger partial charge in [0, 0.05) is 25.1 Å². The molecule has 3 aromatic rings. The Hall–Kier alpha value is -3.46. The fraction of sp³-hybridized carbons (Fsp3) is 0.105. The average Bonchev–Trinajstić information content (AvgIpc) is 2.72. The van der Waals surface area contributed by atoms with Gasteiger partial charge in [0.1, 0.15) is 5.75 Å². The minimum absolute atomic E-state index is 0.0692. The van der Waals surface area contributed by atoms with Gasteiger partial charge in [-0.1, -0.05) is 6.07 Å². The van der Waals surface area contributed by atoms with Gasteiger partial charge in [-0.15, -0.1) is 0 Å². The van der Waals surface area contributed by atoms with Crippen LogP contribution in [0.25, 0.3) is 0 Å². The number of amides is 1. The highest BCUT2D eigenvalue weighted by Crippen LogP contribution is 2.19. The van der Waals surface area contributed by atoms with Crippen LogP contribution in [0.3, 0.4) is 0 Å². The van der Waals surface area contributed by atoms with Crippen molar-refractivity contribution in [3.8, 4) is 5.75 Å². The minimum Gasteiger partial charge on any atom is -0.497 e. The van der Waals surface area contributed by atoms with Crippen molar-refractivity contribution in [2.75, 3.05) is 11.8 Å². The second-order valence-electron chi connectivity index (χ2n) is 5.79. The first-order valence-electron chi connectivity index (χ1n) is 8.27. The van der Waals surface area contributed by atoms with Gasteiger partial charge in [-0.25, -0.2) is 8.42 Å². The van der Waals surface area contributed by atoms with Crippen LogP contribution in [-0.2, 0) is 16.6 Å². The number of nitrogens with zero attached hydrogens (tertiary/aromatic N) is 2. The van der Waals surface area contributed by atoms with Crippen molar-refractivity contribution in [3.05, 3.63) is 78.4 Å². The molecular weight excluding hydrogens is 380 g/mol. The average molecular weight is 398 g/mol. The number of ether oxygens (including phenoxy) is 1. The lowest BCUT2D eigenvalue weighted by Gasteiger charge is -2.10. The highest BCUT2D eigenvalue weighted by Gasteiger charge is 2.15. The van der Waals surface area contributed by atoms with Crippen molar-refractivity contribution in [1.82, 2.24) is 15.3 Å². The van der Waals surface area contributed by atoms with E-state index in [4.69, 9.17) is 4.74 Å². The molecular formula is C19H18N4O4S. The van der Waals surface area contributed by atoms with Crippen LogP contribution < -0.4 is 14.8 Å². The van der Waals surface area contributed by atoms with Gasteiger partial charge in [-0.2, -0.15) is 0 Å². The summed E-state index contributed by atoms with van der Waals surface area (Å²) in [4.78, 5) is 20.3. The van der Waals surface area contributed by atoms with Crippen molar-refractivity contribution in [1.29, 1.82) is 0 Å². The third kappa shape index (κ3) is 4.83. The fourth-order valence-corrected chi connectivity index (χ4v) is 3.41. The Kier molecular flexibility index (Phi) is 5.85. The summed E-state index contributed by atoms with van der Waals surface area (Å²) < 4.78 is 32.5. The van der Waals surface area contributed by atoms with Crippen molar-refractivity contribution in [3.63, 3.8) is 0 Å². The number of sulfonamides is 1. The molecule has 3 rings (SSSR count). The fourth-order valence-electron chi connectivity index (χ4n) is 2.38. The second kappa shape index (κ2) is 8.49.